The summed E-state index contributed by atoms with van der Waals surface area (Å²) in [7, 11) is 0. The van der Waals surface area contributed by atoms with Crippen molar-refractivity contribution in [2.75, 3.05) is 13.2 Å². The fraction of sp³-hybridized carbons (Fsp3) is 0.768. The van der Waals surface area contributed by atoms with Gasteiger partial charge in [-0.25, -0.2) is 4.79 Å². The summed E-state index contributed by atoms with van der Waals surface area (Å²) in [6.45, 7) is 5.94. The number of aliphatic hydroxyl groups is 2. The van der Waals surface area contributed by atoms with E-state index < -0.39 is 67.3 Å². The lowest BCUT2D eigenvalue weighted by molar-refractivity contribution is -0.301. The lowest BCUT2D eigenvalue weighted by atomic mass is 9.98. The van der Waals surface area contributed by atoms with Gasteiger partial charge in [0.1, 0.15) is 18.8 Å². The second kappa shape index (κ2) is 56.6. The molecule has 1 rings (SSSR count). The van der Waals surface area contributed by atoms with Crippen molar-refractivity contribution in [3.05, 3.63) is 72.9 Å². The van der Waals surface area contributed by atoms with Crippen molar-refractivity contribution < 1.29 is 58.2 Å². The van der Waals surface area contributed by atoms with Gasteiger partial charge in [-0.2, -0.15) is 0 Å². The number of esters is 3. The highest BCUT2D eigenvalue weighted by atomic mass is 16.7. The number of ether oxygens (including phenoxy) is 5. The zero-order valence-corrected chi connectivity index (χ0v) is 51.5. The molecule has 1 aliphatic rings. The van der Waals surface area contributed by atoms with E-state index >= 15 is 0 Å². The maximum atomic E-state index is 13.2. The van der Waals surface area contributed by atoms with Crippen molar-refractivity contribution in [3.63, 3.8) is 0 Å². The standard InChI is InChI=1S/C69H118O12/c1-4-7-10-13-16-19-22-25-27-29-31-33-35-38-40-43-46-49-52-55-61(70)77-58-60(79-62(71)56-53-50-47-44-42-39-36-34-32-30-28-26-23-20-17-14-11-8-5-2)59-78-69-67(65(74)64(73)66(81-69)68(75)76)80-63(72)57-54-51-48-45-41-37-24-21-18-15-12-9-6-3/h16-17,19-20,25-28,31-34,60,64-67,69,73-74H,4-15,18,21-24,29-30,35-59H2,1-3H3,(H,75,76)/b19-16-,20-17-,27-25-,28-26-,33-31-,34-32-. The first-order valence-electron chi connectivity index (χ1n) is 32.9. The summed E-state index contributed by atoms with van der Waals surface area (Å²) < 4.78 is 28.5. The summed E-state index contributed by atoms with van der Waals surface area (Å²) in [6.07, 6.45) is 59.9. The normalized spacial score (nSPS) is 18.2. The summed E-state index contributed by atoms with van der Waals surface area (Å²) in [5.74, 6) is -3.14. The molecule has 1 aliphatic heterocycles. The Labute approximate surface area is 493 Å². The van der Waals surface area contributed by atoms with E-state index in [0.29, 0.717) is 19.3 Å². The van der Waals surface area contributed by atoms with Crippen LogP contribution in [0.15, 0.2) is 72.9 Å². The minimum absolute atomic E-state index is 0.0590. The largest absolute Gasteiger partial charge is 0.479 e. The van der Waals surface area contributed by atoms with E-state index in [-0.39, 0.29) is 25.9 Å². The zero-order chi connectivity index (χ0) is 58.9. The van der Waals surface area contributed by atoms with Crippen molar-refractivity contribution in [1.29, 1.82) is 0 Å². The van der Waals surface area contributed by atoms with E-state index in [4.69, 9.17) is 23.7 Å². The van der Waals surface area contributed by atoms with Gasteiger partial charge in [-0.05, 0) is 96.3 Å². The van der Waals surface area contributed by atoms with Gasteiger partial charge in [-0.3, -0.25) is 14.4 Å². The van der Waals surface area contributed by atoms with E-state index in [1.807, 2.05) is 0 Å². The van der Waals surface area contributed by atoms with Gasteiger partial charge >= 0.3 is 23.9 Å². The second-order valence-electron chi connectivity index (χ2n) is 22.4. The average molecular weight is 1140 g/mol. The highest BCUT2D eigenvalue weighted by Gasteiger charge is 2.50. The van der Waals surface area contributed by atoms with Crippen LogP contribution in [0.2, 0.25) is 0 Å². The topological polar surface area (TPSA) is 175 Å². The van der Waals surface area contributed by atoms with Crippen LogP contribution >= 0.6 is 0 Å². The van der Waals surface area contributed by atoms with Gasteiger partial charge in [-0.1, -0.05) is 248 Å². The van der Waals surface area contributed by atoms with Gasteiger partial charge in [0.25, 0.3) is 0 Å². The summed E-state index contributed by atoms with van der Waals surface area (Å²) >= 11 is 0. The number of rotatable bonds is 56. The van der Waals surface area contributed by atoms with Gasteiger partial charge in [0, 0.05) is 19.3 Å². The number of allylic oxidation sites excluding steroid dienone is 12. The molecule has 466 valence electrons. The van der Waals surface area contributed by atoms with Crippen LogP contribution in [0, 0.1) is 0 Å². The Hall–Kier alpha value is -3.84. The first-order valence-corrected chi connectivity index (χ1v) is 32.9. The molecule has 81 heavy (non-hydrogen) atoms. The third-order valence-electron chi connectivity index (χ3n) is 14.8. The highest BCUT2D eigenvalue weighted by Crippen LogP contribution is 2.27. The summed E-state index contributed by atoms with van der Waals surface area (Å²) in [5, 5.41) is 31.6. The molecule has 0 aromatic rings. The Morgan fingerprint density at radius 2 is 0.741 bits per heavy atom. The number of carbonyl (C=O) groups excluding carboxylic acids is 3. The predicted molar refractivity (Wildman–Crippen MR) is 331 cm³/mol. The van der Waals surface area contributed by atoms with Crippen molar-refractivity contribution in [1.82, 2.24) is 0 Å². The predicted octanol–water partition coefficient (Wildman–Crippen LogP) is 17.7. The van der Waals surface area contributed by atoms with E-state index in [0.717, 1.165) is 128 Å². The summed E-state index contributed by atoms with van der Waals surface area (Å²) in [5.41, 5.74) is 0. The summed E-state index contributed by atoms with van der Waals surface area (Å²) in [4.78, 5) is 51.3. The van der Waals surface area contributed by atoms with Gasteiger partial charge in [0.05, 0.1) is 6.61 Å². The first-order chi connectivity index (χ1) is 39.6. The molecule has 1 fully saturated rings. The summed E-state index contributed by atoms with van der Waals surface area (Å²) in [6, 6.07) is 0. The van der Waals surface area contributed by atoms with Gasteiger partial charge in [0.2, 0.25) is 0 Å². The maximum absolute atomic E-state index is 13.2. The average Bonchev–Trinajstić information content (AvgIpc) is 3.46. The number of aliphatic carboxylic acids is 1. The lowest BCUT2D eigenvalue weighted by Crippen LogP contribution is -2.61. The molecule has 6 unspecified atom stereocenters. The van der Waals surface area contributed by atoms with Gasteiger partial charge in [0.15, 0.2) is 24.6 Å². The van der Waals surface area contributed by atoms with Crippen LogP contribution in [0.3, 0.4) is 0 Å². The Kier molecular flexibility index (Phi) is 52.6. The van der Waals surface area contributed by atoms with Crippen molar-refractivity contribution in [3.8, 4) is 0 Å². The van der Waals surface area contributed by atoms with Crippen LogP contribution in [0.4, 0.5) is 0 Å². The van der Waals surface area contributed by atoms with Crippen LogP contribution in [0.5, 0.6) is 0 Å². The molecule has 0 spiro atoms. The monoisotopic (exact) mass is 1140 g/mol. The van der Waals surface area contributed by atoms with E-state index in [1.165, 1.54) is 103 Å². The van der Waals surface area contributed by atoms with Gasteiger partial charge < -0.3 is 39.0 Å². The van der Waals surface area contributed by atoms with Crippen molar-refractivity contribution >= 4 is 23.9 Å². The number of unbranched alkanes of at least 4 members (excludes halogenated alkanes) is 30. The fourth-order valence-electron chi connectivity index (χ4n) is 9.68. The third kappa shape index (κ3) is 46.3. The quantitative estimate of drug-likeness (QED) is 0.0228. The number of hydrogen-bond donors (Lipinski definition) is 3. The molecule has 1 heterocycles. The first kappa shape index (κ1) is 75.2. The number of carboxylic acid groups (broad SMARTS) is 1. The number of hydrogen-bond acceptors (Lipinski definition) is 11. The molecular formula is C69H118O12. The molecule has 12 nitrogen and oxygen atoms in total. The lowest BCUT2D eigenvalue weighted by Gasteiger charge is -2.40. The maximum Gasteiger partial charge on any atom is 0.335 e. The molecule has 3 N–H and O–H groups in total. The van der Waals surface area contributed by atoms with E-state index in [1.54, 1.807) is 0 Å². The fourth-order valence-corrected chi connectivity index (χ4v) is 9.68. The number of carbonyl (C=O) groups is 4. The zero-order valence-electron chi connectivity index (χ0n) is 51.5. The smallest absolute Gasteiger partial charge is 0.335 e. The number of aliphatic hydroxyl groups excluding tert-OH is 2. The SMILES string of the molecule is CCCCC/C=C\C/C=C\C/C=C\CCCCCCCCC(=O)OCC(COC1OC(C(=O)O)C(O)C(O)C1OC(=O)CCCCCCCCCCCCCCC)OC(=O)CCCCCCCC/C=C\C/C=C\C/C=C\CCCCC. The molecule has 0 saturated carbocycles. The van der Waals surface area contributed by atoms with Crippen molar-refractivity contribution in [2.45, 2.75) is 327 Å². The van der Waals surface area contributed by atoms with Crippen molar-refractivity contribution in [2.24, 2.45) is 0 Å². The Balaban J connectivity index is 2.67. The van der Waals surface area contributed by atoms with Crippen LogP contribution in [-0.4, -0.2) is 89.2 Å². The highest BCUT2D eigenvalue weighted by molar-refractivity contribution is 5.74. The minimum atomic E-state index is -1.91. The minimum Gasteiger partial charge on any atom is -0.479 e. The van der Waals surface area contributed by atoms with E-state index in [2.05, 4.69) is 93.7 Å². The van der Waals surface area contributed by atoms with Crippen LogP contribution in [-0.2, 0) is 42.9 Å². The molecule has 0 aliphatic carbocycles. The molecule has 0 amide bonds. The Bertz CT molecular complexity index is 1680. The third-order valence-corrected chi connectivity index (χ3v) is 14.8. The second-order valence-corrected chi connectivity index (χ2v) is 22.4. The van der Waals surface area contributed by atoms with Crippen LogP contribution < -0.4 is 0 Å². The molecule has 0 bridgehead atoms. The van der Waals surface area contributed by atoms with Gasteiger partial charge in [-0.15, -0.1) is 0 Å². The van der Waals surface area contributed by atoms with Crippen LogP contribution in [0.25, 0.3) is 0 Å². The molecular weight excluding hydrogens is 1020 g/mol. The number of carboxylic acids is 1. The molecule has 0 aromatic carbocycles. The van der Waals surface area contributed by atoms with Crippen LogP contribution in [0.1, 0.15) is 290 Å². The molecule has 12 heteroatoms. The molecule has 6 atom stereocenters. The Morgan fingerprint density at radius 3 is 1.15 bits per heavy atom. The molecule has 0 aromatic heterocycles. The molecule has 1 saturated heterocycles. The van der Waals surface area contributed by atoms with E-state index in [9.17, 15) is 34.5 Å². The Morgan fingerprint density at radius 1 is 0.407 bits per heavy atom. The molecule has 0 radical (unpaired) electrons.